The van der Waals surface area contributed by atoms with Crippen molar-refractivity contribution in [2.45, 2.75) is 6.10 Å². The lowest BCUT2D eigenvalue weighted by atomic mass is 10.1. The number of nitrogens with zero attached hydrogens (tertiary/aromatic N) is 3. The number of thiophene rings is 1. The number of amides is 2. The lowest BCUT2D eigenvalue weighted by molar-refractivity contribution is -0.127. The molecule has 2 amide bonds. The molecule has 0 radical (unpaired) electrons. The Bertz CT molecular complexity index is 1270. The second-order valence-electron chi connectivity index (χ2n) is 7.24. The molecule has 1 N–H and O–H groups in total. The fraction of sp³-hybridized carbons (Fsp3) is 0.125. The molecule has 0 bridgehead atoms. The molecule has 32 heavy (non-hydrogen) atoms. The quantitative estimate of drug-likeness (QED) is 0.520. The van der Waals surface area contributed by atoms with Gasteiger partial charge >= 0.3 is 0 Å². The average molecular weight is 445 g/mol. The Balaban J connectivity index is 1.61. The number of anilines is 1. The van der Waals surface area contributed by atoms with Crippen LogP contribution in [0.5, 0.6) is 5.75 Å². The Labute approximate surface area is 188 Å². The van der Waals surface area contributed by atoms with Gasteiger partial charge in [0.05, 0.1) is 22.8 Å². The number of likely N-dealkylation sites (N-methyl/N-ethyl adjacent to an activating group) is 1. The van der Waals surface area contributed by atoms with E-state index in [9.17, 15) is 9.59 Å². The lowest BCUT2D eigenvalue weighted by Gasteiger charge is -2.34. The van der Waals surface area contributed by atoms with Crippen LogP contribution in [0.25, 0.3) is 16.3 Å². The molecule has 5 rings (SSSR count). The Morgan fingerprint density at radius 1 is 1.06 bits per heavy atom. The van der Waals surface area contributed by atoms with Gasteiger partial charge in [0.15, 0.2) is 6.10 Å². The summed E-state index contributed by atoms with van der Waals surface area (Å²) in [7, 11) is 1.55. The Morgan fingerprint density at radius 3 is 2.59 bits per heavy atom. The van der Waals surface area contributed by atoms with Gasteiger partial charge in [0.1, 0.15) is 17.1 Å². The highest BCUT2D eigenvalue weighted by Gasteiger charge is 2.35. The molecule has 1 aliphatic rings. The number of hydrogen-bond acceptors (Lipinski definition) is 5. The van der Waals surface area contributed by atoms with Gasteiger partial charge in [-0.25, -0.2) is 4.68 Å². The van der Waals surface area contributed by atoms with Crippen molar-refractivity contribution in [2.75, 3.05) is 18.5 Å². The summed E-state index contributed by atoms with van der Waals surface area (Å²) in [6, 6.07) is 22.5. The van der Waals surface area contributed by atoms with Gasteiger partial charge in [-0.3, -0.25) is 14.5 Å². The molecule has 1 atom stereocenters. The number of benzene rings is 2. The standard InChI is InChI=1S/C24H20N4O3S/c1-25-23(29)21-15-27(18-10-5-6-11-20(18)31-21)24(30)19-14-17(22-12-7-13-32-22)26-28(19)16-8-3-2-4-9-16/h2-14,21H,15H2,1H3,(H,25,29). The van der Waals surface area contributed by atoms with Gasteiger partial charge in [0.25, 0.3) is 11.8 Å². The van der Waals surface area contributed by atoms with Crippen LogP contribution in [0.4, 0.5) is 5.69 Å². The van der Waals surface area contributed by atoms with Crippen molar-refractivity contribution < 1.29 is 14.3 Å². The minimum Gasteiger partial charge on any atom is -0.477 e. The summed E-state index contributed by atoms with van der Waals surface area (Å²) in [6.45, 7) is 0.101. The zero-order chi connectivity index (χ0) is 22.1. The summed E-state index contributed by atoms with van der Waals surface area (Å²) in [5.74, 6) is -0.0492. The normalized spacial score (nSPS) is 15.0. The zero-order valence-electron chi connectivity index (χ0n) is 17.3. The van der Waals surface area contributed by atoms with Crippen molar-refractivity contribution in [3.8, 4) is 22.0 Å². The first kappa shape index (κ1) is 20.0. The minimum absolute atomic E-state index is 0.101. The van der Waals surface area contributed by atoms with E-state index in [0.717, 1.165) is 16.3 Å². The number of rotatable bonds is 4. The Kier molecular flexibility index (Phi) is 5.20. The number of hydrogen-bond donors (Lipinski definition) is 1. The molecule has 160 valence electrons. The molecule has 3 heterocycles. The van der Waals surface area contributed by atoms with Gasteiger partial charge in [-0.05, 0) is 41.8 Å². The van der Waals surface area contributed by atoms with E-state index in [2.05, 4.69) is 5.32 Å². The van der Waals surface area contributed by atoms with Crippen LogP contribution in [0.15, 0.2) is 78.2 Å². The third-order valence-electron chi connectivity index (χ3n) is 5.26. The van der Waals surface area contributed by atoms with Crippen molar-refractivity contribution in [3.05, 3.63) is 83.9 Å². The summed E-state index contributed by atoms with van der Waals surface area (Å²) < 4.78 is 7.51. The fourth-order valence-corrected chi connectivity index (χ4v) is 4.39. The maximum Gasteiger partial charge on any atom is 0.277 e. The highest BCUT2D eigenvalue weighted by molar-refractivity contribution is 7.13. The summed E-state index contributed by atoms with van der Waals surface area (Å²) in [5.41, 5.74) is 2.53. The van der Waals surface area contributed by atoms with Crippen LogP contribution >= 0.6 is 11.3 Å². The molecule has 1 aliphatic heterocycles. The van der Waals surface area contributed by atoms with Gasteiger partial charge in [-0.2, -0.15) is 5.10 Å². The van der Waals surface area contributed by atoms with Crippen LogP contribution in [0.1, 0.15) is 10.5 Å². The first-order valence-corrected chi connectivity index (χ1v) is 11.0. The van der Waals surface area contributed by atoms with Crippen LogP contribution in [0.2, 0.25) is 0 Å². The molecule has 0 aliphatic carbocycles. The maximum absolute atomic E-state index is 13.9. The summed E-state index contributed by atoms with van der Waals surface area (Å²) in [4.78, 5) is 28.8. The number of carbonyl (C=O) groups is 2. The molecule has 7 nitrogen and oxygen atoms in total. The molecular formula is C24H20N4O3S. The smallest absolute Gasteiger partial charge is 0.277 e. The number of fused-ring (bicyclic) bond motifs is 1. The highest BCUT2D eigenvalue weighted by Crippen LogP contribution is 2.35. The number of ether oxygens (including phenoxy) is 1. The number of para-hydroxylation sites is 3. The highest BCUT2D eigenvalue weighted by atomic mass is 32.1. The predicted molar refractivity (Wildman–Crippen MR) is 123 cm³/mol. The SMILES string of the molecule is CNC(=O)C1CN(C(=O)c2cc(-c3cccs3)nn2-c2ccccc2)c2ccccc2O1. The zero-order valence-corrected chi connectivity index (χ0v) is 18.1. The second-order valence-corrected chi connectivity index (χ2v) is 8.19. The van der Waals surface area contributed by atoms with E-state index in [4.69, 9.17) is 9.84 Å². The van der Waals surface area contributed by atoms with Gasteiger partial charge in [0.2, 0.25) is 0 Å². The first-order valence-electron chi connectivity index (χ1n) is 10.1. The summed E-state index contributed by atoms with van der Waals surface area (Å²) >= 11 is 1.56. The van der Waals surface area contributed by atoms with E-state index in [1.807, 2.05) is 66.0 Å². The van der Waals surface area contributed by atoms with Crippen molar-refractivity contribution in [1.82, 2.24) is 15.1 Å². The molecular weight excluding hydrogens is 424 g/mol. The maximum atomic E-state index is 13.9. The van der Waals surface area contributed by atoms with E-state index in [0.29, 0.717) is 17.1 Å². The van der Waals surface area contributed by atoms with Crippen LogP contribution in [0, 0.1) is 0 Å². The number of carbonyl (C=O) groups excluding carboxylic acids is 2. The lowest BCUT2D eigenvalue weighted by Crippen LogP contribution is -2.50. The monoisotopic (exact) mass is 444 g/mol. The van der Waals surface area contributed by atoms with Crippen molar-refractivity contribution in [1.29, 1.82) is 0 Å². The van der Waals surface area contributed by atoms with Crippen molar-refractivity contribution in [3.63, 3.8) is 0 Å². The molecule has 0 saturated heterocycles. The van der Waals surface area contributed by atoms with E-state index < -0.39 is 6.10 Å². The predicted octanol–water partition coefficient (Wildman–Crippen LogP) is 3.75. The van der Waals surface area contributed by atoms with Crippen LogP contribution < -0.4 is 15.0 Å². The van der Waals surface area contributed by atoms with Crippen LogP contribution in [-0.4, -0.2) is 41.3 Å². The topological polar surface area (TPSA) is 76.5 Å². The fourth-order valence-electron chi connectivity index (χ4n) is 3.71. The largest absolute Gasteiger partial charge is 0.477 e. The molecule has 0 fully saturated rings. The molecule has 4 aromatic rings. The van der Waals surface area contributed by atoms with Crippen molar-refractivity contribution >= 4 is 28.8 Å². The second kappa shape index (κ2) is 8.32. The van der Waals surface area contributed by atoms with E-state index in [1.54, 1.807) is 40.1 Å². The van der Waals surface area contributed by atoms with Crippen LogP contribution in [0.3, 0.4) is 0 Å². The summed E-state index contributed by atoms with van der Waals surface area (Å²) in [5, 5.41) is 9.32. The molecule has 0 spiro atoms. The minimum atomic E-state index is -0.802. The molecule has 2 aromatic carbocycles. The van der Waals surface area contributed by atoms with E-state index in [1.165, 1.54) is 0 Å². The average Bonchev–Trinajstić information content (AvgIpc) is 3.53. The first-order chi connectivity index (χ1) is 15.7. The van der Waals surface area contributed by atoms with Crippen LogP contribution in [-0.2, 0) is 4.79 Å². The number of aromatic nitrogens is 2. The van der Waals surface area contributed by atoms with Gasteiger partial charge < -0.3 is 10.1 Å². The van der Waals surface area contributed by atoms with E-state index >= 15 is 0 Å². The summed E-state index contributed by atoms with van der Waals surface area (Å²) in [6.07, 6.45) is -0.802. The van der Waals surface area contributed by atoms with E-state index in [-0.39, 0.29) is 18.4 Å². The Morgan fingerprint density at radius 2 is 1.84 bits per heavy atom. The molecule has 8 heteroatoms. The third-order valence-corrected chi connectivity index (χ3v) is 6.15. The Hall–Kier alpha value is -3.91. The molecule has 0 saturated carbocycles. The number of nitrogens with one attached hydrogen (secondary N) is 1. The van der Waals surface area contributed by atoms with Gasteiger partial charge in [0, 0.05) is 7.05 Å². The van der Waals surface area contributed by atoms with Gasteiger partial charge in [-0.1, -0.05) is 36.4 Å². The van der Waals surface area contributed by atoms with Crippen molar-refractivity contribution in [2.24, 2.45) is 0 Å². The molecule has 1 unspecified atom stereocenters. The molecule has 2 aromatic heterocycles. The third kappa shape index (κ3) is 3.54. The van der Waals surface area contributed by atoms with Gasteiger partial charge in [-0.15, -0.1) is 11.3 Å².